The molecule has 0 aromatic carbocycles. The number of carbonyl (C=O) groups is 2. The zero-order valence-corrected chi connectivity index (χ0v) is 15.4. The monoisotopic (exact) mass is 403 g/mol. The molecule has 3 rings (SSSR count). The molecule has 8 nitrogen and oxygen atoms in total. The molecule has 2 aliphatic rings. The Hall–Kier alpha value is -2.17. The van der Waals surface area contributed by atoms with Gasteiger partial charge in [-0.1, -0.05) is 17.9 Å². The number of nitrogens with zero attached hydrogens (tertiary/aromatic N) is 3. The summed E-state index contributed by atoms with van der Waals surface area (Å²) in [5.74, 6) is -1.98. The zero-order valence-electron chi connectivity index (χ0n) is 15.4. The minimum absolute atomic E-state index is 0.0362. The number of piperidine rings is 1. The zero-order chi connectivity index (χ0) is 20.3. The van der Waals surface area contributed by atoms with Gasteiger partial charge in [-0.05, 0) is 31.6 Å². The molecule has 2 heterocycles. The van der Waals surface area contributed by atoms with Gasteiger partial charge in [-0.25, -0.2) is 0 Å². The van der Waals surface area contributed by atoms with Crippen molar-refractivity contribution in [3.8, 4) is 0 Å². The van der Waals surface area contributed by atoms with Crippen molar-refractivity contribution >= 4 is 17.8 Å². The fourth-order valence-corrected chi connectivity index (χ4v) is 3.88. The molecule has 2 amide bonds. The van der Waals surface area contributed by atoms with Gasteiger partial charge in [0.05, 0.1) is 5.92 Å². The SMILES string of the molecule is N[C@@H]1CCCC[C@H]1C(=O)N1CCC(CC(=O)Nc2nnc(C(F)(F)F)o2)CC1. The lowest BCUT2D eigenvalue weighted by molar-refractivity contribution is -0.157. The summed E-state index contributed by atoms with van der Waals surface area (Å²) in [5, 5.41) is 8.23. The van der Waals surface area contributed by atoms with Crippen molar-refractivity contribution in [1.29, 1.82) is 0 Å². The van der Waals surface area contributed by atoms with E-state index in [4.69, 9.17) is 5.73 Å². The van der Waals surface area contributed by atoms with Crippen LogP contribution in [-0.4, -0.2) is 46.0 Å². The maximum atomic E-state index is 12.7. The molecule has 11 heteroatoms. The molecule has 1 saturated carbocycles. The van der Waals surface area contributed by atoms with E-state index < -0.39 is 24.0 Å². The number of aromatic nitrogens is 2. The highest BCUT2D eigenvalue weighted by molar-refractivity contribution is 5.88. The van der Waals surface area contributed by atoms with E-state index >= 15 is 0 Å². The number of likely N-dealkylation sites (tertiary alicyclic amines) is 1. The fraction of sp³-hybridized carbons (Fsp3) is 0.765. The van der Waals surface area contributed by atoms with Crippen LogP contribution in [0.3, 0.4) is 0 Å². The quantitative estimate of drug-likeness (QED) is 0.796. The van der Waals surface area contributed by atoms with Gasteiger partial charge >= 0.3 is 18.1 Å². The highest BCUT2D eigenvalue weighted by Gasteiger charge is 2.38. The van der Waals surface area contributed by atoms with Crippen LogP contribution in [0.4, 0.5) is 19.2 Å². The van der Waals surface area contributed by atoms with Crippen LogP contribution in [0.25, 0.3) is 0 Å². The second kappa shape index (κ2) is 8.46. The molecule has 2 fully saturated rings. The van der Waals surface area contributed by atoms with Gasteiger partial charge in [0, 0.05) is 25.6 Å². The number of nitrogens with two attached hydrogens (primary N) is 1. The van der Waals surface area contributed by atoms with Crippen LogP contribution < -0.4 is 11.1 Å². The van der Waals surface area contributed by atoms with E-state index in [2.05, 4.69) is 19.9 Å². The van der Waals surface area contributed by atoms with Crippen molar-refractivity contribution in [3.05, 3.63) is 5.89 Å². The normalized spacial score (nSPS) is 24.2. The second-order valence-corrected chi connectivity index (χ2v) is 7.49. The molecular weight excluding hydrogens is 379 g/mol. The van der Waals surface area contributed by atoms with Crippen molar-refractivity contribution in [2.75, 3.05) is 18.4 Å². The number of amides is 2. The third kappa shape index (κ3) is 5.00. The van der Waals surface area contributed by atoms with Crippen LogP contribution in [-0.2, 0) is 15.8 Å². The van der Waals surface area contributed by atoms with E-state index in [1.807, 2.05) is 4.90 Å². The number of anilines is 1. The number of hydrogen-bond acceptors (Lipinski definition) is 6. The molecule has 3 N–H and O–H groups in total. The lowest BCUT2D eigenvalue weighted by Gasteiger charge is -2.37. The van der Waals surface area contributed by atoms with Crippen molar-refractivity contribution in [2.45, 2.75) is 57.2 Å². The van der Waals surface area contributed by atoms with Crippen molar-refractivity contribution < 1.29 is 27.2 Å². The first-order valence-electron chi connectivity index (χ1n) is 9.49. The number of nitrogens with one attached hydrogen (secondary N) is 1. The van der Waals surface area contributed by atoms with E-state index in [1.54, 1.807) is 0 Å². The van der Waals surface area contributed by atoms with E-state index in [9.17, 15) is 22.8 Å². The van der Waals surface area contributed by atoms with E-state index in [0.29, 0.717) is 25.9 Å². The summed E-state index contributed by atoms with van der Waals surface area (Å²) in [6.07, 6.45) is 0.451. The van der Waals surface area contributed by atoms with Gasteiger partial charge in [-0.2, -0.15) is 13.2 Å². The number of alkyl halides is 3. The lowest BCUT2D eigenvalue weighted by atomic mass is 9.83. The first kappa shape index (κ1) is 20.6. The third-order valence-corrected chi connectivity index (χ3v) is 5.45. The van der Waals surface area contributed by atoms with Gasteiger partial charge in [0.1, 0.15) is 0 Å². The summed E-state index contributed by atoms with van der Waals surface area (Å²) < 4.78 is 41.7. The fourth-order valence-electron chi connectivity index (χ4n) is 3.88. The van der Waals surface area contributed by atoms with Crippen LogP contribution >= 0.6 is 0 Å². The largest absolute Gasteiger partial charge is 0.470 e. The molecule has 0 unspecified atom stereocenters. The summed E-state index contributed by atoms with van der Waals surface area (Å²) >= 11 is 0. The predicted molar refractivity (Wildman–Crippen MR) is 91.8 cm³/mol. The molecule has 1 aromatic rings. The molecular formula is C17H24F3N5O3. The van der Waals surface area contributed by atoms with E-state index in [1.165, 1.54) is 0 Å². The Balaban J connectivity index is 1.44. The Kier molecular flexibility index (Phi) is 6.21. The lowest BCUT2D eigenvalue weighted by Crippen LogP contribution is -2.48. The van der Waals surface area contributed by atoms with Gasteiger partial charge in [0.25, 0.3) is 0 Å². The molecule has 0 radical (unpaired) electrons. The second-order valence-electron chi connectivity index (χ2n) is 7.49. The number of hydrogen-bond donors (Lipinski definition) is 2. The van der Waals surface area contributed by atoms with Crippen LogP contribution in [0, 0.1) is 11.8 Å². The van der Waals surface area contributed by atoms with Gasteiger partial charge in [-0.15, -0.1) is 5.10 Å². The molecule has 1 aromatic heterocycles. The van der Waals surface area contributed by atoms with Crippen LogP contribution in [0.2, 0.25) is 0 Å². The Bertz CT molecular complexity index is 700. The molecule has 156 valence electrons. The average molecular weight is 403 g/mol. The highest BCUT2D eigenvalue weighted by atomic mass is 19.4. The van der Waals surface area contributed by atoms with E-state index in [0.717, 1.165) is 25.7 Å². The molecule has 1 aliphatic heterocycles. The number of rotatable bonds is 4. The van der Waals surface area contributed by atoms with Crippen LogP contribution in [0.1, 0.15) is 50.8 Å². The first-order valence-corrected chi connectivity index (χ1v) is 9.49. The van der Waals surface area contributed by atoms with Gasteiger partial charge in [0.15, 0.2) is 0 Å². The Morgan fingerprint density at radius 3 is 2.43 bits per heavy atom. The summed E-state index contributed by atoms with van der Waals surface area (Å²) in [4.78, 5) is 26.5. The maximum Gasteiger partial charge on any atom is 0.470 e. The van der Waals surface area contributed by atoms with Crippen molar-refractivity contribution in [1.82, 2.24) is 15.1 Å². The predicted octanol–water partition coefficient (Wildman–Crippen LogP) is 2.17. The van der Waals surface area contributed by atoms with Crippen LogP contribution in [0.5, 0.6) is 0 Å². The Morgan fingerprint density at radius 1 is 1.14 bits per heavy atom. The minimum Gasteiger partial charge on any atom is -0.399 e. The Morgan fingerprint density at radius 2 is 1.82 bits per heavy atom. The summed E-state index contributed by atoms with van der Waals surface area (Å²) in [5.41, 5.74) is 6.09. The minimum atomic E-state index is -4.75. The summed E-state index contributed by atoms with van der Waals surface area (Å²) in [6, 6.07) is -0.656. The molecule has 2 atom stereocenters. The van der Waals surface area contributed by atoms with Gasteiger partial charge in [-0.3, -0.25) is 14.9 Å². The summed E-state index contributed by atoms with van der Waals surface area (Å²) in [6.45, 7) is 1.11. The molecule has 0 bridgehead atoms. The van der Waals surface area contributed by atoms with Gasteiger partial charge < -0.3 is 15.1 Å². The maximum absolute atomic E-state index is 12.7. The summed E-state index contributed by atoms with van der Waals surface area (Å²) in [7, 11) is 0. The topological polar surface area (TPSA) is 114 Å². The molecule has 1 aliphatic carbocycles. The number of carbonyl (C=O) groups excluding carboxylic acids is 2. The van der Waals surface area contributed by atoms with Crippen molar-refractivity contribution in [2.24, 2.45) is 17.6 Å². The Labute approximate surface area is 160 Å². The van der Waals surface area contributed by atoms with Gasteiger partial charge in [0.2, 0.25) is 11.8 Å². The van der Waals surface area contributed by atoms with Crippen LogP contribution in [0.15, 0.2) is 4.42 Å². The molecule has 0 spiro atoms. The third-order valence-electron chi connectivity index (χ3n) is 5.45. The van der Waals surface area contributed by atoms with E-state index in [-0.39, 0.29) is 30.2 Å². The average Bonchev–Trinajstić information content (AvgIpc) is 3.11. The number of halogens is 3. The van der Waals surface area contributed by atoms with Crippen molar-refractivity contribution in [3.63, 3.8) is 0 Å². The molecule has 1 saturated heterocycles. The highest BCUT2D eigenvalue weighted by Crippen LogP contribution is 2.30. The standard InChI is InChI=1S/C17H24F3N5O3/c18-17(19,20)15-23-24-16(28-15)22-13(26)9-10-5-7-25(8-6-10)14(27)11-3-1-2-4-12(11)21/h10-12H,1-9,21H2,(H,22,24,26)/t11-,12-/m1/s1. The molecule has 28 heavy (non-hydrogen) atoms. The first-order chi connectivity index (χ1) is 13.2. The smallest absolute Gasteiger partial charge is 0.399 e.